The van der Waals surface area contributed by atoms with Gasteiger partial charge in [-0.15, -0.1) is 0 Å². The molecule has 2 unspecified atom stereocenters. The van der Waals surface area contributed by atoms with E-state index < -0.39 is 151 Å². The first-order valence-electron chi connectivity index (χ1n) is 30.3. The zero-order chi connectivity index (χ0) is 64.1. The van der Waals surface area contributed by atoms with Gasteiger partial charge in [0.1, 0.15) is 49.4 Å². The predicted octanol–water partition coefficient (Wildman–Crippen LogP) is 4.71. The molecular formula is C60H100N6O20. The van der Waals surface area contributed by atoms with Crippen LogP contribution in [0.3, 0.4) is 0 Å². The summed E-state index contributed by atoms with van der Waals surface area (Å²) >= 11 is 0. The quantitative estimate of drug-likeness (QED) is 0.0511. The fraction of sp³-hybridized carbons (Fsp3) is 0.833. The molecule has 0 radical (unpaired) electrons. The van der Waals surface area contributed by atoms with Crippen molar-refractivity contribution < 1.29 is 96.2 Å². The van der Waals surface area contributed by atoms with E-state index in [1.807, 2.05) is 27.7 Å². The average molecular weight is 1230 g/mol. The standard InChI is InChI=1S/C60H100N6O20/c1-29(2)21-44(68)82-50-37(11)49(32(6)28-78-58-53(76-17)52(75-16)46(69)40(14)81-58)84-56(73)39(13)51(83-45-22-33(7)66(30(3)4)27-35(9)79-45)36(10)48(85-57-47(70)41(65-77-18)23-34(8)80-57)31(5)24-60(15,54(71)38(50)12)86-59(74)62-20-19-61-55(72)42-25-64-43(67)26-63-42/h25-26,29-40,45-53,57-58,69-70H,19-24,27-28H2,1-18H3,(H,61,72)(H,62,74)(H,64,67)/t31-,32-,33+,34+,35?,36+,37-,38+,39+,40+,45-,46+,47+,48-,49?,50+,51-,52+,53+,57-,58+,60-/m0/s1. The fourth-order valence-corrected chi connectivity index (χ4v) is 12.4. The minimum atomic E-state index is -2.07. The summed E-state index contributed by atoms with van der Waals surface area (Å²) in [5.74, 6) is -9.00. The molecule has 86 heavy (non-hydrogen) atoms. The van der Waals surface area contributed by atoms with Gasteiger partial charge < -0.3 is 82.9 Å². The number of nitrogens with one attached hydrogen (secondary N) is 2. The van der Waals surface area contributed by atoms with Crippen LogP contribution in [0.2, 0.25) is 0 Å². The Labute approximate surface area is 507 Å². The van der Waals surface area contributed by atoms with Gasteiger partial charge >= 0.3 is 18.0 Å². The summed E-state index contributed by atoms with van der Waals surface area (Å²) in [4.78, 5) is 87.6. The number of nitrogens with zero attached hydrogens (tertiary/aromatic N) is 4. The van der Waals surface area contributed by atoms with E-state index in [1.165, 1.54) is 28.3 Å². The number of cyclic esters (lactones) is 1. The molecule has 4 aliphatic rings. The Balaban J connectivity index is 1.68. The van der Waals surface area contributed by atoms with Crippen LogP contribution in [0.25, 0.3) is 0 Å². The molecule has 0 aliphatic carbocycles. The van der Waals surface area contributed by atoms with E-state index in [1.54, 1.807) is 48.5 Å². The molecule has 4 saturated heterocycles. The van der Waals surface area contributed by atoms with Crippen molar-refractivity contribution in [3.05, 3.63) is 18.1 Å². The molecule has 1 aromatic rings. The number of carbonyl (C=O) groups is 5. The zero-order valence-electron chi connectivity index (χ0n) is 53.7. The van der Waals surface area contributed by atoms with E-state index in [0.29, 0.717) is 13.0 Å². The highest BCUT2D eigenvalue weighted by Crippen LogP contribution is 2.41. The van der Waals surface area contributed by atoms with Crippen LogP contribution in [-0.2, 0) is 71.3 Å². The van der Waals surface area contributed by atoms with Gasteiger partial charge in [0.05, 0.1) is 67.1 Å². The molecule has 4 aliphatic heterocycles. The van der Waals surface area contributed by atoms with Crippen molar-refractivity contribution in [1.82, 2.24) is 25.5 Å². The highest BCUT2D eigenvalue weighted by atomic mass is 16.7. The summed E-state index contributed by atoms with van der Waals surface area (Å²) in [6.07, 6.45) is -12.4. The lowest BCUT2D eigenvalue weighted by atomic mass is 9.74. The number of ketones is 1. The van der Waals surface area contributed by atoms with Crippen LogP contribution in [0.5, 0.6) is 5.88 Å². The highest BCUT2D eigenvalue weighted by Gasteiger charge is 2.53. The number of aromatic nitrogens is 2. The van der Waals surface area contributed by atoms with Crippen molar-refractivity contribution in [1.29, 1.82) is 0 Å². The molecular weight excluding hydrogens is 1120 g/mol. The molecule has 2 amide bonds. The van der Waals surface area contributed by atoms with Crippen LogP contribution >= 0.6 is 0 Å². The SMILES string of the molecule is CON=C1C[C@@H](C)O[C@@H](O[C@@H]2[C@@H](C)[C@H](O[C@H]3C[C@@H](C)N(C(C)C)CC(C)O3)[C@@H](C)C(=O)OC([C@@H](C)CO[C@@H]3O[C@H](C)[C@@H](O)[C@@H](OC)[C@H]3OC)[C@H](C)[C@@H](OC(=O)CC(C)C)[C@@H](C)C(=O)[C@@](C)(OC(=O)NCCNC(=O)c3cnc(O)cn3)C[C@@H]2C)[C@@H]1O. The van der Waals surface area contributed by atoms with E-state index in [2.05, 4.69) is 51.4 Å². The summed E-state index contributed by atoms with van der Waals surface area (Å²) in [7, 11) is 4.24. The van der Waals surface area contributed by atoms with Crippen molar-refractivity contribution in [2.75, 3.05) is 47.6 Å². The van der Waals surface area contributed by atoms with Gasteiger partial charge in [0.2, 0.25) is 5.88 Å². The summed E-state index contributed by atoms with van der Waals surface area (Å²) in [5, 5.41) is 41.7. The second-order valence-electron chi connectivity index (χ2n) is 25.0. The lowest BCUT2D eigenvalue weighted by Crippen LogP contribution is -2.59. The number of oxime groups is 1. The third kappa shape index (κ3) is 18.9. The van der Waals surface area contributed by atoms with E-state index in [0.717, 1.165) is 12.4 Å². The van der Waals surface area contributed by atoms with Gasteiger partial charge in [0, 0.05) is 83.0 Å². The number of methoxy groups -OCH3 is 2. The Morgan fingerprint density at radius 2 is 1.48 bits per heavy atom. The number of alkyl carbamates (subject to hydrolysis) is 1. The minimum absolute atomic E-state index is 0.0303. The molecule has 0 bridgehead atoms. The first-order chi connectivity index (χ1) is 40.4. The van der Waals surface area contributed by atoms with Crippen LogP contribution < -0.4 is 10.6 Å². The van der Waals surface area contributed by atoms with E-state index >= 15 is 9.59 Å². The van der Waals surface area contributed by atoms with Crippen LogP contribution in [0.1, 0.15) is 140 Å². The van der Waals surface area contributed by atoms with Crippen molar-refractivity contribution >= 4 is 35.4 Å². The molecule has 5 heterocycles. The second kappa shape index (κ2) is 32.7. The summed E-state index contributed by atoms with van der Waals surface area (Å²) in [6, 6.07) is 0.139. The second-order valence-corrected chi connectivity index (χ2v) is 25.0. The summed E-state index contributed by atoms with van der Waals surface area (Å²) in [6.45, 7) is 27.4. The number of aliphatic hydroxyl groups excluding tert-OH is 2. The number of carbonyl (C=O) groups excluding carboxylic acids is 5. The number of hydrogen-bond donors (Lipinski definition) is 5. The van der Waals surface area contributed by atoms with E-state index in [-0.39, 0.29) is 80.4 Å². The molecule has 22 atom stereocenters. The van der Waals surface area contributed by atoms with Crippen LogP contribution in [0.15, 0.2) is 17.5 Å². The average Bonchev–Trinajstić information content (AvgIpc) is 2.17. The Hall–Kier alpha value is -4.74. The maximum atomic E-state index is 15.9. The lowest BCUT2D eigenvalue weighted by Gasteiger charge is -2.45. The Morgan fingerprint density at radius 1 is 0.802 bits per heavy atom. The number of ether oxygens (including phenoxy) is 11. The van der Waals surface area contributed by atoms with Gasteiger partial charge in [-0.2, -0.15) is 0 Å². The molecule has 490 valence electrons. The van der Waals surface area contributed by atoms with Gasteiger partial charge in [0.15, 0.2) is 30.3 Å². The first-order valence-corrected chi connectivity index (χ1v) is 30.3. The van der Waals surface area contributed by atoms with E-state index in [4.69, 9.17) is 56.9 Å². The molecule has 26 heteroatoms. The van der Waals surface area contributed by atoms with E-state index in [9.17, 15) is 29.7 Å². The third-order valence-corrected chi connectivity index (χ3v) is 16.9. The van der Waals surface area contributed by atoms with Crippen LogP contribution in [0, 0.1) is 41.4 Å². The molecule has 0 spiro atoms. The number of esters is 2. The van der Waals surface area contributed by atoms with Crippen molar-refractivity contribution in [3.8, 4) is 5.88 Å². The number of aliphatic hydroxyl groups is 2. The number of rotatable bonds is 20. The Kier molecular flexibility index (Phi) is 27.3. The molecule has 4 fully saturated rings. The van der Waals surface area contributed by atoms with Gasteiger partial charge in [-0.05, 0) is 73.6 Å². The Morgan fingerprint density at radius 3 is 2.09 bits per heavy atom. The minimum Gasteiger partial charge on any atom is -0.492 e. The number of amides is 2. The molecule has 0 saturated carbocycles. The maximum absolute atomic E-state index is 15.9. The summed E-state index contributed by atoms with van der Waals surface area (Å²) < 4.78 is 70.5. The van der Waals surface area contributed by atoms with Crippen molar-refractivity contribution in [3.63, 3.8) is 0 Å². The van der Waals surface area contributed by atoms with Crippen molar-refractivity contribution in [2.24, 2.45) is 46.6 Å². The normalized spacial score (nSPS) is 37.2. The van der Waals surface area contributed by atoms with Gasteiger partial charge in [-0.3, -0.25) is 24.1 Å². The topological polar surface area (TPSA) is 322 Å². The molecule has 5 N–H and O–H groups in total. The van der Waals surface area contributed by atoms with Gasteiger partial charge in [-0.1, -0.05) is 53.6 Å². The molecule has 1 aromatic heterocycles. The maximum Gasteiger partial charge on any atom is 0.408 e. The van der Waals surface area contributed by atoms with Crippen LogP contribution in [-0.4, -0.2) is 217 Å². The fourth-order valence-electron chi connectivity index (χ4n) is 12.4. The number of aromatic hydroxyl groups is 1. The van der Waals surface area contributed by atoms with Crippen molar-refractivity contribution in [2.45, 2.75) is 233 Å². The zero-order valence-corrected chi connectivity index (χ0v) is 53.7. The smallest absolute Gasteiger partial charge is 0.408 e. The molecule has 26 nitrogen and oxygen atoms in total. The predicted molar refractivity (Wildman–Crippen MR) is 310 cm³/mol. The number of hydrogen-bond acceptors (Lipinski definition) is 24. The number of Topliss-reactive ketones (excluding diaryl/α,β-unsaturated/α-hetero) is 1. The molecule has 0 aromatic carbocycles. The summed E-state index contributed by atoms with van der Waals surface area (Å²) in [5.41, 5.74) is -1.91. The lowest BCUT2D eigenvalue weighted by molar-refractivity contribution is -0.305. The van der Waals surface area contributed by atoms with Crippen LogP contribution in [0.4, 0.5) is 4.79 Å². The first kappa shape index (κ1) is 72.0. The molecule has 5 rings (SSSR count). The van der Waals surface area contributed by atoms with Gasteiger partial charge in [0.25, 0.3) is 5.91 Å². The Bertz CT molecular complexity index is 2370. The largest absolute Gasteiger partial charge is 0.492 e. The monoisotopic (exact) mass is 1220 g/mol. The van der Waals surface area contributed by atoms with Gasteiger partial charge in [-0.25, -0.2) is 14.8 Å². The highest BCUT2D eigenvalue weighted by molar-refractivity contribution is 5.92. The third-order valence-electron chi connectivity index (χ3n) is 16.9.